The second-order valence-electron chi connectivity index (χ2n) is 5.98. The number of halogens is 2. The van der Waals surface area contributed by atoms with Crippen molar-refractivity contribution in [3.05, 3.63) is 68.7 Å². The topological polar surface area (TPSA) is 29.1 Å². The second kappa shape index (κ2) is 7.04. The lowest BCUT2D eigenvalue weighted by Gasteiger charge is -2.32. The summed E-state index contributed by atoms with van der Waals surface area (Å²) in [6, 6.07) is 12.6. The number of carbonyl (C=O) groups excluding carboxylic acids is 1. The third-order valence-electron chi connectivity index (χ3n) is 4.66. The number of rotatable bonds is 4. The predicted octanol–water partition coefficient (Wildman–Crippen LogP) is 4.92. The predicted molar refractivity (Wildman–Crippen MR) is 95.5 cm³/mol. The van der Waals surface area contributed by atoms with Gasteiger partial charge in [-0.3, -0.25) is 0 Å². The molecule has 0 spiro atoms. The van der Waals surface area contributed by atoms with Crippen LogP contribution < -0.4 is 5.32 Å². The first kappa shape index (κ1) is 16.5. The molecule has 3 rings (SSSR count). The molecular weight excluding hydrogens is 329 g/mol. The first-order valence-corrected chi connectivity index (χ1v) is 8.58. The Morgan fingerprint density at radius 3 is 2.61 bits per heavy atom. The molecule has 0 fully saturated rings. The van der Waals surface area contributed by atoms with Gasteiger partial charge in [-0.05, 0) is 54.3 Å². The summed E-state index contributed by atoms with van der Waals surface area (Å²) in [5.74, 6) is 0.314. The summed E-state index contributed by atoms with van der Waals surface area (Å²) in [7, 11) is 1.99. The zero-order chi connectivity index (χ0) is 16.4. The van der Waals surface area contributed by atoms with Gasteiger partial charge in [-0.15, -0.1) is 0 Å². The molecule has 1 aliphatic rings. The zero-order valence-electron chi connectivity index (χ0n) is 13.0. The van der Waals surface area contributed by atoms with Gasteiger partial charge in [0.05, 0.1) is 10.0 Å². The lowest BCUT2D eigenvalue weighted by molar-refractivity contribution is -0.107. The molecule has 0 unspecified atom stereocenters. The van der Waals surface area contributed by atoms with E-state index >= 15 is 0 Å². The molecule has 120 valence electrons. The Bertz CT molecular complexity index is 729. The van der Waals surface area contributed by atoms with Crippen LogP contribution >= 0.6 is 23.2 Å². The highest BCUT2D eigenvalue weighted by molar-refractivity contribution is 6.42. The number of carbonyl (C=O) groups is 1. The molecule has 2 nitrogen and oxygen atoms in total. The number of nitrogens with one attached hydrogen (secondary N) is 1. The minimum absolute atomic E-state index is 0.314. The molecule has 0 bridgehead atoms. The second-order valence-corrected chi connectivity index (χ2v) is 6.79. The van der Waals surface area contributed by atoms with E-state index in [1.54, 1.807) is 0 Å². The third kappa shape index (κ3) is 3.30. The van der Waals surface area contributed by atoms with Crippen LogP contribution in [-0.2, 0) is 11.2 Å². The Kier molecular flexibility index (Phi) is 5.05. The zero-order valence-corrected chi connectivity index (χ0v) is 14.5. The number of hydrogen-bond acceptors (Lipinski definition) is 2. The molecule has 2 aromatic carbocycles. The normalized spacial score (nSPS) is 20.1. The summed E-state index contributed by atoms with van der Waals surface area (Å²) in [4.78, 5) is 10.8. The Balaban J connectivity index is 2.05. The standard InChI is InChI=1S/C19H19Cl2NO/c1-22-19-7-5-14(13-3-6-17(20)18(21)11-13)15-4-2-12(8-9-23)10-16(15)19/h2-4,6,9-11,14,19,22H,5,7-8H2,1H3/t14-,19-/m0/s1. The molecule has 4 heteroatoms. The number of hydrogen-bond donors (Lipinski definition) is 1. The van der Waals surface area contributed by atoms with Crippen LogP contribution in [0.3, 0.4) is 0 Å². The van der Waals surface area contributed by atoms with Crippen molar-refractivity contribution in [2.45, 2.75) is 31.2 Å². The van der Waals surface area contributed by atoms with Crippen molar-refractivity contribution in [3.8, 4) is 0 Å². The van der Waals surface area contributed by atoms with Crippen molar-refractivity contribution in [2.24, 2.45) is 0 Å². The fourth-order valence-corrected chi connectivity index (χ4v) is 3.79. The summed E-state index contributed by atoms with van der Waals surface area (Å²) in [6.07, 6.45) is 3.53. The van der Waals surface area contributed by atoms with E-state index in [1.165, 1.54) is 16.7 Å². The van der Waals surface area contributed by atoms with Crippen LogP contribution in [0.1, 0.15) is 47.1 Å². The van der Waals surface area contributed by atoms with Crippen molar-refractivity contribution in [2.75, 3.05) is 7.05 Å². The maximum absolute atomic E-state index is 10.8. The van der Waals surface area contributed by atoms with E-state index in [-0.39, 0.29) is 0 Å². The first-order chi connectivity index (χ1) is 11.1. The van der Waals surface area contributed by atoms with Crippen LogP contribution in [0.5, 0.6) is 0 Å². The molecule has 0 saturated heterocycles. The molecule has 2 aromatic rings. The number of benzene rings is 2. The van der Waals surface area contributed by atoms with Crippen LogP contribution in [-0.4, -0.2) is 13.3 Å². The van der Waals surface area contributed by atoms with E-state index in [1.807, 2.05) is 19.2 Å². The van der Waals surface area contributed by atoms with E-state index in [0.29, 0.717) is 28.4 Å². The van der Waals surface area contributed by atoms with Crippen molar-refractivity contribution in [3.63, 3.8) is 0 Å². The molecule has 2 atom stereocenters. The van der Waals surface area contributed by atoms with Gasteiger partial charge in [0.25, 0.3) is 0 Å². The van der Waals surface area contributed by atoms with E-state index in [0.717, 1.165) is 24.7 Å². The van der Waals surface area contributed by atoms with Crippen molar-refractivity contribution < 1.29 is 4.79 Å². The summed E-state index contributed by atoms with van der Waals surface area (Å²) in [6.45, 7) is 0. The molecule has 0 aliphatic heterocycles. The van der Waals surface area contributed by atoms with Gasteiger partial charge in [0, 0.05) is 18.4 Å². The maximum atomic E-state index is 10.8. The SMILES string of the molecule is CN[C@H]1CC[C@@H](c2ccc(Cl)c(Cl)c2)c2ccc(CC=O)cc21. The first-order valence-electron chi connectivity index (χ1n) is 7.82. The molecule has 0 aromatic heterocycles. The van der Waals surface area contributed by atoms with Crippen molar-refractivity contribution >= 4 is 29.5 Å². The fourth-order valence-electron chi connectivity index (χ4n) is 3.49. The van der Waals surface area contributed by atoms with Crippen LogP contribution in [0.2, 0.25) is 10.0 Å². The van der Waals surface area contributed by atoms with E-state index < -0.39 is 0 Å². The molecule has 23 heavy (non-hydrogen) atoms. The van der Waals surface area contributed by atoms with E-state index in [9.17, 15) is 4.79 Å². The van der Waals surface area contributed by atoms with Gasteiger partial charge < -0.3 is 10.1 Å². The summed E-state index contributed by atoms with van der Waals surface area (Å²) in [5, 5.41) is 4.57. The average Bonchev–Trinajstić information content (AvgIpc) is 2.56. The fraction of sp³-hybridized carbons (Fsp3) is 0.316. The summed E-state index contributed by atoms with van der Waals surface area (Å²) >= 11 is 12.2. The molecule has 1 N–H and O–H groups in total. The maximum Gasteiger partial charge on any atom is 0.124 e. The quantitative estimate of drug-likeness (QED) is 0.795. The van der Waals surface area contributed by atoms with Gasteiger partial charge in [-0.2, -0.15) is 0 Å². The van der Waals surface area contributed by atoms with Crippen LogP contribution in [0.4, 0.5) is 0 Å². The Morgan fingerprint density at radius 2 is 1.91 bits per heavy atom. The average molecular weight is 348 g/mol. The molecular formula is C19H19Cl2NO. The van der Waals surface area contributed by atoms with Gasteiger partial charge >= 0.3 is 0 Å². The monoisotopic (exact) mass is 347 g/mol. The molecule has 0 heterocycles. The minimum Gasteiger partial charge on any atom is -0.313 e. The van der Waals surface area contributed by atoms with Gasteiger partial charge in [0.15, 0.2) is 0 Å². The smallest absolute Gasteiger partial charge is 0.124 e. The highest BCUT2D eigenvalue weighted by Gasteiger charge is 2.27. The van der Waals surface area contributed by atoms with Crippen LogP contribution in [0.15, 0.2) is 36.4 Å². The molecule has 0 radical (unpaired) electrons. The third-order valence-corrected chi connectivity index (χ3v) is 5.40. The molecule has 0 amide bonds. The number of aldehydes is 1. The van der Waals surface area contributed by atoms with E-state index in [4.69, 9.17) is 23.2 Å². The van der Waals surface area contributed by atoms with Crippen LogP contribution in [0.25, 0.3) is 0 Å². The van der Waals surface area contributed by atoms with Gasteiger partial charge in [-0.25, -0.2) is 0 Å². The molecule has 1 aliphatic carbocycles. The molecule has 0 saturated carbocycles. The van der Waals surface area contributed by atoms with Gasteiger partial charge in [0.1, 0.15) is 6.29 Å². The minimum atomic E-state index is 0.314. The van der Waals surface area contributed by atoms with Crippen LogP contribution in [0, 0.1) is 0 Å². The summed E-state index contributed by atoms with van der Waals surface area (Å²) in [5.41, 5.74) is 4.85. The lowest BCUT2D eigenvalue weighted by atomic mass is 9.76. The Hall–Kier alpha value is -1.35. The largest absolute Gasteiger partial charge is 0.313 e. The summed E-state index contributed by atoms with van der Waals surface area (Å²) < 4.78 is 0. The van der Waals surface area contributed by atoms with E-state index in [2.05, 4.69) is 29.6 Å². The van der Waals surface area contributed by atoms with Gasteiger partial charge in [-0.1, -0.05) is 47.5 Å². The Labute approximate surface area is 146 Å². The number of fused-ring (bicyclic) bond motifs is 1. The highest BCUT2D eigenvalue weighted by atomic mass is 35.5. The van der Waals surface area contributed by atoms with Crippen molar-refractivity contribution in [1.82, 2.24) is 5.32 Å². The lowest BCUT2D eigenvalue weighted by Crippen LogP contribution is -2.24. The van der Waals surface area contributed by atoms with Crippen molar-refractivity contribution in [1.29, 1.82) is 0 Å². The highest BCUT2D eigenvalue weighted by Crippen LogP contribution is 2.42. The van der Waals surface area contributed by atoms with Gasteiger partial charge in [0.2, 0.25) is 0 Å². The Morgan fingerprint density at radius 1 is 1.09 bits per heavy atom.